The van der Waals surface area contributed by atoms with Gasteiger partial charge in [0.15, 0.2) is 0 Å². The molecule has 0 aliphatic heterocycles. The highest BCUT2D eigenvalue weighted by Gasteiger charge is 2.31. The van der Waals surface area contributed by atoms with Crippen molar-refractivity contribution in [1.82, 2.24) is 0 Å². The highest BCUT2D eigenvalue weighted by atomic mass is 35.5. The highest BCUT2D eigenvalue weighted by molar-refractivity contribution is 6.34. The van der Waals surface area contributed by atoms with Crippen LogP contribution in [0.3, 0.4) is 0 Å². The first-order chi connectivity index (χ1) is 11.8. The Labute approximate surface area is 145 Å². The fourth-order valence-corrected chi connectivity index (χ4v) is 2.65. The molecule has 1 amide bonds. The zero-order valence-corrected chi connectivity index (χ0v) is 13.3. The van der Waals surface area contributed by atoms with Crippen molar-refractivity contribution in [2.24, 2.45) is 0 Å². The maximum Gasteiger partial charge on any atom is 0.416 e. The second-order valence-electron chi connectivity index (χ2n) is 5.33. The quantitative estimate of drug-likeness (QED) is 0.632. The molecule has 0 aromatic heterocycles. The Morgan fingerprint density at radius 3 is 2.44 bits per heavy atom. The van der Waals surface area contributed by atoms with Gasteiger partial charge in [-0.1, -0.05) is 41.9 Å². The molecule has 7 heteroatoms. The van der Waals surface area contributed by atoms with E-state index < -0.39 is 17.6 Å². The van der Waals surface area contributed by atoms with Gasteiger partial charge in [-0.2, -0.15) is 13.2 Å². The van der Waals surface area contributed by atoms with E-state index in [1.54, 1.807) is 30.3 Å². The van der Waals surface area contributed by atoms with E-state index in [1.807, 2.05) is 0 Å². The van der Waals surface area contributed by atoms with E-state index in [-0.39, 0.29) is 22.0 Å². The molecule has 0 fully saturated rings. The van der Waals surface area contributed by atoms with Gasteiger partial charge in [0, 0.05) is 5.39 Å². The van der Waals surface area contributed by atoms with Crippen LogP contribution >= 0.6 is 11.6 Å². The van der Waals surface area contributed by atoms with E-state index in [0.29, 0.717) is 5.39 Å². The second kappa shape index (κ2) is 6.29. The first-order valence-electron chi connectivity index (χ1n) is 7.16. The van der Waals surface area contributed by atoms with Crippen molar-refractivity contribution in [1.29, 1.82) is 0 Å². The summed E-state index contributed by atoms with van der Waals surface area (Å²) >= 11 is 5.82. The van der Waals surface area contributed by atoms with Gasteiger partial charge in [0.25, 0.3) is 5.91 Å². The molecule has 0 aliphatic carbocycles. The average molecular weight is 366 g/mol. The molecule has 0 unspecified atom stereocenters. The average Bonchev–Trinajstić information content (AvgIpc) is 2.56. The van der Waals surface area contributed by atoms with E-state index in [4.69, 9.17) is 11.6 Å². The fourth-order valence-electron chi connectivity index (χ4n) is 2.42. The topological polar surface area (TPSA) is 49.3 Å². The standard InChI is InChI=1S/C18H11ClF3NO2/c19-14-9-11(18(20,21)22)6-8-15(14)23-17(25)13-7-5-10-3-1-2-4-12(10)16(13)24/h1-9,24H,(H,23,25). The van der Waals surface area contributed by atoms with Crippen molar-refractivity contribution < 1.29 is 23.1 Å². The van der Waals surface area contributed by atoms with E-state index in [1.165, 1.54) is 6.07 Å². The molecule has 0 radical (unpaired) electrons. The number of nitrogens with one attached hydrogen (secondary N) is 1. The number of phenolic OH excluding ortho intramolecular Hbond substituents is 1. The monoisotopic (exact) mass is 365 g/mol. The number of carbonyl (C=O) groups is 1. The van der Waals surface area contributed by atoms with Crippen LogP contribution in [-0.4, -0.2) is 11.0 Å². The normalized spacial score (nSPS) is 11.5. The number of carbonyl (C=O) groups excluding carboxylic acids is 1. The van der Waals surface area contributed by atoms with Crippen LogP contribution in [0.1, 0.15) is 15.9 Å². The Morgan fingerprint density at radius 1 is 1.04 bits per heavy atom. The Bertz CT molecular complexity index is 970. The maximum absolute atomic E-state index is 12.6. The SMILES string of the molecule is O=C(Nc1ccc(C(F)(F)F)cc1Cl)c1ccc2ccccc2c1O. The lowest BCUT2D eigenvalue weighted by molar-refractivity contribution is -0.137. The number of rotatable bonds is 2. The number of halogens is 4. The van der Waals surface area contributed by atoms with Gasteiger partial charge in [-0.3, -0.25) is 4.79 Å². The van der Waals surface area contributed by atoms with Gasteiger partial charge in [-0.15, -0.1) is 0 Å². The zero-order chi connectivity index (χ0) is 18.2. The number of hydrogen-bond donors (Lipinski definition) is 2. The summed E-state index contributed by atoms with van der Waals surface area (Å²) in [6.45, 7) is 0. The zero-order valence-electron chi connectivity index (χ0n) is 12.6. The summed E-state index contributed by atoms with van der Waals surface area (Å²) in [6, 6.07) is 12.7. The second-order valence-corrected chi connectivity index (χ2v) is 5.74. The van der Waals surface area contributed by atoms with Gasteiger partial charge < -0.3 is 10.4 Å². The predicted molar refractivity (Wildman–Crippen MR) is 90.0 cm³/mol. The van der Waals surface area contributed by atoms with Gasteiger partial charge in [-0.25, -0.2) is 0 Å². The number of aromatic hydroxyl groups is 1. The molecule has 0 spiro atoms. The molecule has 3 aromatic rings. The van der Waals surface area contributed by atoms with Crippen LogP contribution in [0.5, 0.6) is 5.75 Å². The Morgan fingerprint density at radius 2 is 1.76 bits per heavy atom. The maximum atomic E-state index is 12.6. The molecule has 3 aromatic carbocycles. The summed E-state index contributed by atoms with van der Waals surface area (Å²) < 4.78 is 37.9. The number of phenols is 1. The molecule has 0 atom stereocenters. The van der Waals surface area contributed by atoms with E-state index in [0.717, 1.165) is 23.6 Å². The highest BCUT2D eigenvalue weighted by Crippen LogP contribution is 2.34. The molecule has 3 rings (SSSR count). The molecule has 3 nitrogen and oxygen atoms in total. The number of alkyl halides is 3. The summed E-state index contributed by atoms with van der Waals surface area (Å²) in [7, 11) is 0. The molecule has 0 saturated heterocycles. The van der Waals surface area contributed by atoms with Crippen LogP contribution in [0.2, 0.25) is 5.02 Å². The molecule has 2 N–H and O–H groups in total. The van der Waals surface area contributed by atoms with Crippen molar-refractivity contribution in [3.8, 4) is 5.75 Å². The lowest BCUT2D eigenvalue weighted by Gasteiger charge is -2.12. The largest absolute Gasteiger partial charge is 0.506 e. The van der Waals surface area contributed by atoms with Crippen LogP contribution in [0.4, 0.5) is 18.9 Å². The van der Waals surface area contributed by atoms with Gasteiger partial charge >= 0.3 is 6.18 Å². The van der Waals surface area contributed by atoms with Crippen LogP contribution in [0.15, 0.2) is 54.6 Å². The third-order valence-corrected chi connectivity index (χ3v) is 4.00. The van der Waals surface area contributed by atoms with Crippen LogP contribution < -0.4 is 5.32 Å². The molecule has 128 valence electrons. The Kier molecular flexibility index (Phi) is 4.30. The molecule has 0 aliphatic rings. The molecule has 0 heterocycles. The van der Waals surface area contributed by atoms with Gasteiger partial charge in [0.1, 0.15) is 5.75 Å². The third kappa shape index (κ3) is 3.39. The van der Waals surface area contributed by atoms with Crippen molar-refractivity contribution >= 4 is 34.0 Å². The molecular formula is C18H11ClF3NO2. The number of amides is 1. The number of fused-ring (bicyclic) bond motifs is 1. The molecule has 0 saturated carbocycles. The van der Waals surface area contributed by atoms with Crippen molar-refractivity contribution in [2.45, 2.75) is 6.18 Å². The summed E-state index contributed by atoms with van der Waals surface area (Å²) in [4.78, 5) is 12.4. The minimum Gasteiger partial charge on any atom is -0.506 e. The van der Waals surface area contributed by atoms with E-state index in [2.05, 4.69) is 5.32 Å². The summed E-state index contributed by atoms with van der Waals surface area (Å²) in [5, 5.41) is 13.7. The lowest BCUT2D eigenvalue weighted by Crippen LogP contribution is -2.13. The van der Waals surface area contributed by atoms with Crippen molar-refractivity contribution in [2.75, 3.05) is 5.32 Å². The van der Waals surface area contributed by atoms with E-state index >= 15 is 0 Å². The van der Waals surface area contributed by atoms with Gasteiger partial charge in [0.2, 0.25) is 0 Å². The minimum atomic E-state index is -4.53. The minimum absolute atomic E-state index is 0.00494. The summed E-state index contributed by atoms with van der Waals surface area (Å²) in [5.74, 6) is -0.886. The van der Waals surface area contributed by atoms with Gasteiger partial charge in [-0.05, 0) is 29.7 Å². The smallest absolute Gasteiger partial charge is 0.416 e. The third-order valence-electron chi connectivity index (χ3n) is 3.69. The number of hydrogen-bond acceptors (Lipinski definition) is 2. The van der Waals surface area contributed by atoms with Crippen LogP contribution in [0, 0.1) is 0 Å². The molecular weight excluding hydrogens is 355 g/mol. The fraction of sp³-hybridized carbons (Fsp3) is 0.0556. The Hall–Kier alpha value is -2.73. The lowest BCUT2D eigenvalue weighted by atomic mass is 10.0. The van der Waals surface area contributed by atoms with Crippen molar-refractivity contribution in [3.63, 3.8) is 0 Å². The molecule has 0 bridgehead atoms. The van der Waals surface area contributed by atoms with Crippen molar-refractivity contribution in [3.05, 3.63) is 70.7 Å². The van der Waals surface area contributed by atoms with E-state index in [9.17, 15) is 23.1 Å². The predicted octanol–water partition coefficient (Wildman–Crippen LogP) is 5.47. The van der Waals surface area contributed by atoms with Crippen LogP contribution in [0.25, 0.3) is 10.8 Å². The Balaban J connectivity index is 1.92. The summed E-state index contributed by atoms with van der Waals surface area (Å²) in [5.41, 5.74) is -0.897. The van der Waals surface area contributed by atoms with Gasteiger partial charge in [0.05, 0.1) is 21.8 Å². The van der Waals surface area contributed by atoms with Crippen LogP contribution in [-0.2, 0) is 6.18 Å². The summed E-state index contributed by atoms with van der Waals surface area (Å²) in [6.07, 6.45) is -4.53. The first kappa shape index (κ1) is 17.1. The molecule has 25 heavy (non-hydrogen) atoms. The first-order valence-corrected chi connectivity index (χ1v) is 7.54. The number of benzene rings is 3. The number of anilines is 1.